The summed E-state index contributed by atoms with van der Waals surface area (Å²) in [5.41, 5.74) is 4.58. The molecule has 0 spiro atoms. The van der Waals surface area contributed by atoms with Gasteiger partial charge in [-0.15, -0.1) is 11.8 Å². The summed E-state index contributed by atoms with van der Waals surface area (Å²) in [6.45, 7) is 7.87. The van der Waals surface area contributed by atoms with Gasteiger partial charge in [-0.25, -0.2) is 4.98 Å². The standard InChI is InChI=1S/C25H32N2OS/c1-4-27-16-22(17-27)29-21-12-10-20(11-13-21)23(15-19-7-5-6-8-19)24-14-9-18(2)25(26-24)28-3/h9-15,19,22H,4-8,16-17H2,1-3H3. The van der Waals surface area contributed by atoms with Crippen LogP contribution in [0.3, 0.4) is 0 Å². The van der Waals surface area contributed by atoms with Crippen LogP contribution in [0.25, 0.3) is 5.57 Å². The Morgan fingerprint density at radius 3 is 2.52 bits per heavy atom. The molecule has 0 unspecified atom stereocenters. The van der Waals surface area contributed by atoms with E-state index in [-0.39, 0.29) is 0 Å². The molecule has 0 amide bonds. The second kappa shape index (κ2) is 9.36. The van der Waals surface area contributed by atoms with Gasteiger partial charge in [0.1, 0.15) is 0 Å². The fraction of sp³-hybridized carbons (Fsp3) is 0.480. The lowest BCUT2D eigenvalue weighted by Gasteiger charge is -2.37. The Hall–Kier alpha value is -1.78. The Morgan fingerprint density at radius 1 is 1.14 bits per heavy atom. The Labute approximate surface area is 179 Å². The minimum Gasteiger partial charge on any atom is -0.481 e. The van der Waals surface area contributed by atoms with E-state index in [0.717, 1.165) is 22.4 Å². The minimum absolute atomic E-state index is 0.656. The molecule has 0 N–H and O–H groups in total. The average Bonchev–Trinajstić information content (AvgIpc) is 3.23. The van der Waals surface area contributed by atoms with Crippen LogP contribution in [0.5, 0.6) is 5.88 Å². The lowest BCUT2D eigenvalue weighted by Crippen LogP contribution is -2.48. The molecule has 1 aliphatic heterocycles. The van der Waals surface area contributed by atoms with E-state index in [0.29, 0.717) is 5.92 Å². The molecule has 1 saturated heterocycles. The molecule has 2 fully saturated rings. The van der Waals surface area contributed by atoms with E-state index in [4.69, 9.17) is 9.72 Å². The van der Waals surface area contributed by atoms with E-state index in [1.807, 2.05) is 18.7 Å². The van der Waals surface area contributed by atoms with Gasteiger partial charge in [0.2, 0.25) is 5.88 Å². The van der Waals surface area contributed by atoms with Crippen molar-refractivity contribution in [2.24, 2.45) is 5.92 Å². The predicted octanol–water partition coefficient (Wildman–Crippen LogP) is 5.82. The molecule has 2 aromatic rings. The zero-order valence-corrected chi connectivity index (χ0v) is 18.7. The molecule has 1 saturated carbocycles. The van der Waals surface area contributed by atoms with Gasteiger partial charge in [0.05, 0.1) is 12.8 Å². The van der Waals surface area contributed by atoms with Gasteiger partial charge >= 0.3 is 0 Å². The first kappa shape index (κ1) is 20.5. The molecular formula is C25H32N2OS. The maximum Gasteiger partial charge on any atom is 0.216 e. The molecule has 2 heterocycles. The van der Waals surface area contributed by atoms with E-state index in [1.54, 1.807) is 7.11 Å². The van der Waals surface area contributed by atoms with Crippen LogP contribution in [-0.4, -0.2) is 41.9 Å². The number of nitrogens with zero attached hydrogens (tertiary/aromatic N) is 2. The maximum absolute atomic E-state index is 5.50. The van der Waals surface area contributed by atoms with Crippen LogP contribution in [0.15, 0.2) is 47.4 Å². The van der Waals surface area contributed by atoms with Gasteiger partial charge in [0.25, 0.3) is 0 Å². The second-order valence-corrected chi connectivity index (χ2v) is 9.64. The van der Waals surface area contributed by atoms with Crippen LogP contribution in [0, 0.1) is 12.8 Å². The summed E-state index contributed by atoms with van der Waals surface area (Å²) in [5, 5.41) is 0.734. The summed E-state index contributed by atoms with van der Waals surface area (Å²) in [6.07, 6.45) is 7.71. The maximum atomic E-state index is 5.50. The zero-order valence-electron chi connectivity index (χ0n) is 17.9. The molecular weight excluding hydrogens is 376 g/mol. The van der Waals surface area contributed by atoms with E-state index in [1.165, 1.54) is 61.3 Å². The number of allylic oxidation sites excluding steroid dienone is 1. The van der Waals surface area contributed by atoms with E-state index in [9.17, 15) is 0 Å². The fourth-order valence-corrected chi connectivity index (χ4v) is 5.57. The molecule has 0 atom stereocenters. The van der Waals surface area contributed by atoms with Crippen molar-refractivity contribution in [2.75, 3.05) is 26.7 Å². The number of hydrogen-bond acceptors (Lipinski definition) is 4. The highest BCUT2D eigenvalue weighted by Gasteiger charge is 2.25. The lowest BCUT2D eigenvalue weighted by atomic mass is 9.96. The average molecular weight is 409 g/mol. The highest BCUT2D eigenvalue weighted by molar-refractivity contribution is 8.00. The van der Waals surface area contributed by atoms with Crippen LogP contribution >= 0.6 is 11.8 Å². The minimum atomic E-state index is 0.656. The molecule has 0 bridgehead atoms. The first-order valence-corrected chi connectivity index (χ1v) is 11.8. The summed E-state index contributed by atoms with van der Waals surface area (Å²) >= 11 is 2.01. The van der Waals surface area contributed by atoms with Gasteiger partial charge in [0.15, 0.2) is 0 Å². The van der Waals surface area contributed by atoms with Crippen molar-refractivity contribution in [3.63, 3.8) is 0 Å². The van der Waals surface area contributed by atoms with Gasteiger partial charge in [-0.05, 0) is 56.0 Å². The summed E-state index contributed by atoms with van der Waals surface area (Å²) in [7, 11) is 1.70. The molecule has 4 heteroatoms. The number of aryl methyl sites for hydroxylation is 1. The van der Waals surface area contributed by atoms with Crippen LogP contribution in [-0.2, 0) is 0 Å². The fourth-order valence-electron chi connectivity index (χ4n) is 4.32. The third-order valence-electron chi connectivity index (χ3n) is 6.16. The first-order valence-electron chi connectivity index (χ1n) is 10.9. The molecule has 3 nitrogen and oxygen atoms in total. The number of ether oxygens (including phenoxy) is 1. The molecule has 1 aliphatic carbocycles. The van der Waals surface area contributed by atoms with Gasteiger partial charge < -0.3 is 9.64 Å². The smallest absolute Gasteiger partial charge is 0.216 e. The summed E-state index contributed by atoms with van der Waals surface area (Å²) in [5.74, 6) is 1.38. The first-order chi connectivity index (χ1) is 14.2. The van der Waals surface area contributed by atoms with Crippen molar-refractivity contribution in [2.45, 2.75) is 49.7 Å². The number of rotatable bonds is 7. The summed E-state index contributed by atoms with van der Waals surface area (Å²) in [6, 6.07) is 13.4. The number of thioether (sulfide) groups is 1. The lowest BCUT2D eigenvalue weighted by molar-refractivity contribution is 0.201. The Kier molecular flexibility index (Phi) is 6.61. The number of hydrogen-bond donors (Lipinski definition) is 0. The topological polar surface area (TPSA) is 25.4 Å². The van der Waals surface area contributed by atoms with Crippen molar-refractivity contribution in [3.05, 3.63) is 59.3 Å². The quantitative estimate of drug-likeness (QED) is 0.577. The zero-order chi connectivity index (χ0) is 20.2. The highest BCUT2D eigenvalue weighted by atomic mass is 32.2. The number of benzene rings is 1. The summed E-state index contributed by atoms with van der Waals surface area (Å²) < 4.78 is 5.50. The van der Waals surface area contributed by atoms with Crippen LogP contribution in [0.2, 0.25) is 0 Å². The third-order valence-corrected chi connectivity index (χ3v) is 7.34. The normalized spacial score (nSPS) is 18.8. The monoisotopic (exact) mass is 408 g/mol. The van der Waals surface area contributed by atoms with E-state index in [2.05, 4.69) is 54.3 Å². The van der Waals surface area contributed by atoms with E-state index < -0.39 is 0 Å². The van der Waals surface area contributed by atoms with Crippen molar-refractivity contribution in [3.8, 4) is 5.88 Å². The Balaban J connectivity index is 1.58. The second-order valence-electron chi connectivity index (χ2n) is 8.26. The number of methoxy groups -OCH3 is 1. The van der Waals surface area contributed by atoms with E-state index >= 15 is 0 Å². The Bertz CT molecular complexity index is 850. The molecule has 0 radical (unpaired) electrons. The van der Waals surface area contributed by atoms with Gasteiger partial charge in [-0.1, -0.05) is 44.0 Å². The SMILES string of the molecule is CCN1CC(Sc2ccc(C(=CC3CCCC3)c3ccc(C)c(OC)n3)cc2)C1. The summed E-state index contributed by atoms with van der Waals surface area (Å²) in [4.78, 5) is 8.68. The number of likely N-dealkylation sites (tertiary alicyclic amines) is 1. The molecule has 4 rings (SSSR count). The van der Waals surface area contributed by atoms with Crippen molar-refractivity contribution in [1.29, 1.82) is 0 Å². The van der Waals surface area contributed by atoms with Crippen LogP contribution < -0.4 is 4.74 Å². The van der Waals surface area contributed by atoms with Gasteiger partial charge in [-0.3, -0.25) is 0 Å². The van der Waals surface area contributed by atoms with Gasteiger partial charge in [-0.2, -0.15) is 0 Å². The molecule has 1 aromatic carbocycles. The molecule has 154 valence electrons. The molecule has 1 aromatic heterocycles. The van der Waals surface area contributed by atoms with Crippen molar-refractivity contribution < 1.29 is 4.74 Å². The molecule has 2 aliphatic rings. The Morgan fingerprint density at radius 2 is 1.86 bits per heavy atom. The molecule has 29 heavy (non-hydrogen) atoms. The van der Waals surface area contributed by atoms with Gasteiger partial charge in [0, 0.05) is 34.4 Å². The van der Waals surface area contributed by atoms with Crippen molar-refractivity contribution in [1.82, 2.24) is 9.88 Å². The van der Waals surface area contributed by atoms with Crippen molar-refractivity contribution >= 4 is 17.3 Å². The predicted molar refractivity (Wildman–Crippen MR) is 123 cm³/mol. The van der Waals surface area contributed by atoms with Crippen LogP contribution in [0.4, 0.5) is 0 Å². The largest absolute Gasteiger partial charge is 0.481 e. The third kappa shape index (κ3) is 4.87. The van der Waals surface area contributed by atoms with Crippen LogP contribution in [0.1, 0.15) is 49.4 Å². The number of aromatic nitrogens is 1. The highest BCUT2D eigenvalue weighted by Crippen LogP contribution is 2.34. The number of pyridine rings is 1.